The molecular weight excluding hydrogens is 560 g/mol. The third-order valence-corrected chi connectivity index (χ3v) is 25.6. The molecule has 0 fully saturated rings. The molecule has 0 spiro atoms. The first kappa shape index (κ1) is 28.1. The zero-order valence-electron chi connectivity index (χ0n) is 22.8. The molecule has 4 aromatic carbocycles. The summed E-state index contributed by atoms with van der Waals surface area (Å²) in [5.74, 6) is 0.644. The van der Waals surface area contributed by atoms with Crippen LogP contribution in [0, 0.1) is 0 Å². The van der Waals surface area contributed by atoms with Crippen LogP contribution in [-0.4, -0.2) is 17.1 Å². The maximum Gasteiger partial charge on any atom is 0.115 e. The molecule has 4 aromatic rings. The first-order chi connectivity index (χ1) is 18.1. The van der Waals surface area contributed by atoms with Crippen LogP contribution in [0.15, 0.2) is 120 Å². The number of benzene rings is 4. The molecule has 0 amide bonds. The van der Waals surface area contributed by atoms with Gasteiger partial charge in [-0.25, -0.2) is 0 Å². The van der Waals surface area contributed by atoms with Crippen LogP contribution < -0.4 is 0 Å². The van der Waals surface area contributed by atoms with Crippen LogP contribution in [0.1, 0.15) is 43.4 Å². The van der Waals surface area contributed by atoms with Crippen molar-refractivity contribution in [3.63, 3.8) is 0 Å². The fourth-order valence-corrected chi connectivity index (χ4v) is 27.8. The predicted molar refractivity (Wildman–Crippen MR) is 162 cm³/mol. The molecule has 2 aliphatic rings. The van der Waals surface area contributed by atoms with Crippen LogP contribution in [-0.2, 0) is 17.4 Å². The summed E-state index contributed by atoms with van der Waals surface area (Å²) < 4.78 is 6.68. The molecule has 6 rings (SSSR count). The summed E-state index contributed by atoms with van der Waals surface area (Å²) in [4.78, 5) is 0. The largest absolute Gasteiger partial charge is 0.508 e. The maximum atomic E-state index is 8.63. The smallest absolute Gasteiger partial charge is 0.115 e. The number of aromatic hydroxyl groups is 2. The third kappa shape index (κ3) is 6.03. The van der Waals surface area contributed by atoms with Gasteiger partial charge in [0.15, 0.2) is 0 Å². The van der Waals surface area contributed by atoms with E-state index in [9.17, 15) is 0 Å². The topological polar surface area (TPSA) is 40.5 Å². The van der Waals surface area contributed by atoms with Crippen LogP contribution in [0.4, 0.5) is 0 Å². The second-order valence-electron chi connectivity index (χ2n) is 11.5. The van der Waals surface area contributed by atoms with E-state index in [4.69, 9.17) is 10.2 Å². The number of hydrogen-bond donors (Lipinski definition) is 2. The summed E-state index contributed by atoms with van der Waals surface area (Å²) in [5.41, 5.74) is 9.22. The quantitative estimate of drug-likeness (QED) is 0.228. The van der Waals surface area contributed by atoms with E-state index < -0.39 is 17.4 Å². The van der Waals surface area contributed by atoms with Crippen LogP contribution in [0.2, 0.25) is 9.26 Å². The first-order valence-electron chi connectivity index (χ1n) is 13.2. The molecule has 2 N–H and O–H groups in total. The van der Waals surface area contributed by atoms with Crippen molar-refractivity contribution < 1.29 is 27.6 Å². The molecule has 194 valence electrons. The van der Waals surface area contributed by atoms with Gasteiger partial charge in [0, 0.05) is 0 Å². The maximum absolute atomic E-state index is 8.63. The fourth-order valence-electron chi connectivity index (χ4n) is 6.50. The van der Waals surface area contributed by atoms with Crippen LogP contribution in [0.25, 0.3) is 12.2 Å². The van der Waals surface area contributed by atoms with E-state index in [1.807, 2.05) is 12.1 Å². The Balaban J connectivity index is 0.000000195. The Bertz CT molecular complexity index is 1420. The molecule has 4 heteroatoms. The Morgan fingerprint density at radius 2 is 0.842 bits per heavy atom. The van der Waals surface area contributed by atoms with Gasteiger partial charge in [-0.15, -0.1) is 0 Å². The van der Waals surface area contributed by atoms with Gasteiger partial charge >= 0.3 is 149 Å². The SMILES string of the molecule is CC1=Cc2ccccc2[CH]1[Zr]([CH3])([CH3])(=[SiH2])[CH]1C(C)=Cc2ccccc21.Oc1ccccc1.Oc1ccccc1. The average molecular weight is 598 g/mol. The second-order valence-corrected chi connectivity index (χ2v) is 42.0. The minimum Gasteiger partial charge on any atom is -0.508 e. The zero-order chi connectivity index (χ0) is 27.4. The second kappa shape index (κ2) is 11.4. The normalized spacial score (nSPS) is 17.5. The van der Waals surface area contributed by atoms with E-state index in [0.29, 0.717) is 18.8 Å². The summed E-state index contributed by atoms with van der Waals surface area (Å²) in [6, 6.07) is 35.5. The molecule has 0 aromatic heterocycles. The van der Waals surface area contributed by atoms with Crippen molar-refractivity contribution in [3.05, 3.63) is 143 Å². The molecule has 0 bridgehead atoms. The van der Waals surface area contributed by atoms with Gasteiger partial charge < -0.3 is 10.2 Å². The van der Waals surface area contributed by atoms with Crippen molar-refractivity contribution in [2.45, 2.75) is 30.4 Å². The minimum absolute atomic E-state index is 0.322. The van der Waals surface area contributed by atoms with Gasteiger partial charge in [0.25, 0.3) is 0 Å². The number of phenolic OH excluding ortho intramolecular Hbond substituents is 2. The monoisotopic (exact) mass is 596 g/mol. The molecule has 0 aliphatic heterocycles. The summed E-state index contributed by atoms with van der Waals surface area (Å²) >= 11 is -3.15. The van der Waals surface area contributed by atoms with E-state index in [-0.39, 0.29) is 0 Å². The molecular formula is C34H38O2SiZr. The van der Waals surface area contributed by atoms with Gasteiger partial charge in [0.1, 0.15) is 11.5 Å². The first-order valence-corrected chi connectivity index (χ1v) is 26.8. The Hall–Kier alpha value is -2.94. The van der Waals surface area contributed by atoms with Crippen LogP contribution in [0.5, 0.6) is 11.5 Å². The molecule has 2 nitrogen and oxygen atoms in total. The number of fused-ring (bicyclic) bond motifs is 2. The van der Waals surface area contributed by atoms with Crippen molar-refractivity contribution in [3.8, 4) is 11.5 Å². The van der Waals surface area contributed by atoms with Crippen molar-refractivity contribution in [1.82, 2.24) is 0 Å². The van der Waals surface area contributed by atoms with Crippen molar-refractivity contribution in [2.24, 2.45) is 0 Å². The van der Waals surface area contributed by atoms with Gasteiger partial charge in [0.2, 0.25) is 0 Å². The molecule has 0 heterocycles. The van der Waals surface area contributed by atoms with Crippen molar-refractivity contribution in [1.29, 1.82) is 0 Å². The number of hydrogen-bond acceptors (Lipinski definition) is 2. The number of phenols is 2. The van der Waals surface area contributed by atoms with Gasteiger partial charge in [-0.2, -0.15) is 0 Å². The van der Waals surface area contributed by atoms with Crippen molar-refractivity contribution in [2.75, 3.05) is 0 Å². The standard InChI is InChI=1S/2C10H9.2C6H6O.2CH3.H2Si.Zr/c2*1-8-6-9-4-2-3-5-10(9)7-8;2*7-6-4-2-1-3-5-6;;;;/h2*2-7H,1H3;2*1-5,7H;2*1H3;1H2;. The Morgan fingerprint density at radius 1 is 0.526 bits per heavy atom. The summed E-state index contributed by atoms with van der Waals surface area (Å²) in [6.07, 6.45) is 4.88. The molecule has 2 unspecified atom stereocenters. The Morgan fingerprint density at radius 3 is 1.16 bits per heavy atom. The van der Waals surface area contributed by atoms with Crippen molar-refractivity contribution >= 4 is 19.0 Å². The fraction of sp³-hybridized carbons (Fsp3) is 0.176. The van der Waals surface area contributed by atoms with Gasteiger partial charge in [-0.1, -0.05) is 36.4 Å². The Labute approximate surface area is 229 Å². The molecule has 0 radical (unpaired) electrons. The van der Waals surface area contributed by atoms with E-state index in [2.05, 4.69) is 90.7 Å². The van der Waals surface area contributed by atoms with Gasteiger partial charge in [-0.3, -0.25) is 0 Å². The van der Waals surface area contributed by atoms with E-state index >= 15 is 0 Å². The van der Waals surface area contributed by atoms with E-state index in [1.54, 1.807) is 70.8 Å². The molecule has 0 saturated carbocycles. The number of rotatable bonds is 2. The number of para-hydroxylation sites is 2. The van der Waals surface area contributed by atoms with Crippen LogP contribution in [0.3, 0.4) is 0 Å². The zero-order valence-corrected chi connectivity index (χ0v) is 26.7. The average Bonchev–Trinajstić information content (AvgIpc) is 3.42. The predicted octanol–water partition coefficient (Wildman–Crippen LogP) is 8.42. The number of allylic oxidation sites excluding steroid dienone is 2. The molecule has 0 saturated heterocycles. The Kier molecular flexibility index (Phi) is 8.45. The minimum atomic E-state index is -3.15. The van der Waals surface area contributed by atoms with E-state index in [1.165, 1.54) is 11.1 Å². The van der Waals surface area contributed by atoms with E-state index in [0.717, 1.165) is 0 Å². The molecule has 38 heavy (non-hydrogen) atoms. The summed E-state index contributed by atoms with van der Waals surface area (Å²) in [5, 5.41) is 17.3. The molecule has 2 atom stereocenters. The van der Waals surface area contributed by atoms with Crippen LogP contribution >= 0.6 is 0 Å². The van der Waals surface area contributed by atoms with Gasteiger partial charge in [-0.05, 0) is 24.3 Å². The third-order valence-electron chi connectivity index (χ3n) is 7.70. The summed E-state index contributed by atoms with van der Waals surface area (Å²) in [6.45, 7) is 7.13. The van der Waals surface area contributed by atoms with Gasteiger partial charge in [0.05, 0.1) is 0 Å². The molecule has 2 aliphatic carbocycles. The summed E-state index contributed by atoms with van der Waals surface area (Å²) in [7, 11) is 0.